The lowest BCUT2D eigenvalue weighted by Crippen LogP contribution is -2.46. The lowest BCUT2D eigenvalue weighted by atomic mass is 10.2. The molecule has 7 heteroatoms. The highest BCUT2D eigenvalue weighted by Crippen LogP contribution is 2.21. The molecule has 0 amide bonds. The van der Waals surface area contributed by atoms with E-state index in [1.807, 2.05) is 24.3 Å². The standard InChI is InChI=1S/C20H19F2N5/c21-17-7-6-15(14-18(17)22)24-20-23-9-8-19(25-20)27-12-10-26(11-13-27)16-4-2-1-3-5-16/h1-9,14H,10-13H2,(H,23,24,25). The number of nitrogens with one attached hydrogen (secondary N) is 1. The van der Waals surface area contributed by atoms with Crippen molar-refractivity contribution in [2.45, 2.75) is 0 Å². The van der Waals surface area contributed by atoms with Crippen LogP contribution in [0.5, 0.6) is 0 Å². The number of halogens is 2. The van der Waals surface area contributed by atoms with Crippen LogP contribution in [0.15, 0.2) is 60.8 Å². The molecule has 1 aliphatic heterocycles. The van der Waals surface area contributed by atoms with Crippen LogP contribution >= 0.6 is 0 Å². The highest BCUT2D eigenvalue weighted by molar-refractivity contribution is 5.55. The zero-order chi connectivity index (χ0) is 18.6. The van der Waals surface area contributed by atoms with Crippen LogP contribution in [0, 0.1) is 11.6 Å². The third kappa shape index (κ3) is 3.97. The van der Waals surface area contributed by atoms with Gasteiger partial charge < -0.3 is 15.1 Å². The number of piperazine rings is 1. The minimum absolute atomic E-state index is 0.351. The summed E-state index contributed by atoms with van der Waals surface area (Å²) in [7, 11) is 0. The second-order valence-corrected chi connectivity index (χ2v) is 6.30. The van der Waals surface area contributed by atoms with E-state index < -0.39 is 11.6 Å². The molecule has 1 aromatic heterocycles. The summed E-state index contributed by atoms with van der Waals surface area (Å²) in [5, 5.41) is 2.92. The van der Waals surface area contributed by atoms with Gasteiger partial charge in [0.25, 0.3) is 0 Å². The molecule has 1 aliphatic rings. The third-order valence-electron chi connectivity index (χ3n) is 4.54. The van der Waals surface area contributed by atoms with Gasteiger partial charge in [0.1, 0.15) is 5.82 Å². The summed E-state index contributed by atoms with van der Waals surface area (Å²) >= 11 is 0. The monoisotopic (exact) mass is 367 g/mol. The average molecular weight is 367 g/mol. The molecule has 0 radical (unpaired) electrons. The first-order valence-electron chi connectivity index (χ1n) is 8.79. The summed E-state index contributed by atoms with van der Waals surface area (Å²) in [4.78, 5) is 13.2. The largest absolute Gasteiger partial charge is 0.368 e. The summed E-state index contributed by atoms with van der Waals surface area (Å²) < 4.78 is 26.4. The Hall–Kier alpha value is -3.22. The van der Waals surface area contributed by atoms with Gasteiger partial charge in [0.05, 0.1) is 0 Å². The molecule has 1 saturated heterocycles. The molecule has 0 bridgehead atoms. The maximum atomic E-state index is 13.4. The zero-order valence-electron chi connectivity index (χ0n) is 14.6. The molecule has 0 spiro atoms. The zero-order valence-corrected chi connectivity index (χ0v) is 14.6. The van der Waals surface area contributed by atoms with Crippen molar-refractivity contribution in [1.82, 2.24) is 9.97 Å². The van der Waals surface area contributed by atoms with Crippen molar-refractivity contribution in [3.05, 3.63) is 72.4 Å². The second kappa shape index (κ2) is 7.57. The summed E-state index contributed by atoms with van der Waals surface area (Å²) in [6, 6.07) is 15.8. The molecule has 0 saturated carbocycles. The molecule has 5 nitrogen and oxygen atoms in total. The third-order valence-corrected chi connectivity index (χ3v) is 4.54. The molecule has 2 aromatic carbocycles. The highest BCUT2D eigenvalue weighted by Gasteiger charge is 2.18. The van der Waals surface area contributed by atoms with Gasteiger partial charge in [-0.1, -0.05) is 18.2 Å². The predicted octanol–water partition coefficient (Wildman–Crippen LogP) is 3.83. The van der Waals surface area contributed by atoms with Gasteiger partial charge >= 0.3 is 0 Å². The molecular weight excluding hydrogens is 348 g/mol. The summed E-state index contributed by atoms with van der Waals surface area (Å²) in [5.74, 6) is -0.633. The van der Waals surface area contributed by atoms with Crippen molar-refractivity contribution in [2.75, 3.05) is 41.3 Å². The number of rotatable bonds is 4. The van der Waals surface area contributed by atoms with Gasteiger partial charge in [-0.05, 0) is 30.3 Å². The van der Waals surface area contributed by atoms with Crippen molar-refractivity contribution < 1.29 is 8.78 Å². The lowest BCUT2D eigenvalue weighted by molar-refractivity contribution is 0.509. The fourth-order valence-corrected chi connectivity index (χ4v) is 3.12. The van der Waals surface area contributed by atoms with Gasteiger partial charge in [0, 0.05) is 49.8 Å². The van der Waals surface area contributed by atoms with Crippen LogP contribution in [0.25, 0.3) is 0 Å². The summed E-state index contributed by atoms with van der Waals surface area (Å²) in [6.45, 7) is 3.49. The molecule has 2 heterocycles. The fraction of sp³-hybridized carbons (Fsp3) is 0.200. The molecule has 1 N–H and O–H groups in total. The maximum Gasteiger partial charge on any atom is 0.229 e. The first-order valence-corrected chi connectivity index (χ1v) is 8.79. The quantitative estimate of drug-likeness (QED) is 0.759. The molecule has 0 atom stereocenters. The van der Waals surface area contributed by atoms with Crippen molar-refractivity contribution in [1.29, 1.82) is 0 Å². The van der Waals surface area contributed by atoms with Crippen LogP contribution < -0.4 is 15.1 Å². The fourth-order valence-electron chi connectivity index (χ4n) is 3.12. The molecular formula is C20H19F2N5. The predicted molar refractivity (Wildman–Crippen MR) is 103 cm³/mol. The van der Waals surface area contributed by atoms with Crippen LogP contribution in [0.1, 0.15) is 0 Å². The SMILES string of the molecule is Fc1ccc(Nc2nccc(N3CCN(c4ccccc4)CC3)n2)cc1F. The Morgan fingerprint density at radius 1 is 0.815 bits per heavy atom. The normalized spacial score (nSPS) is 14.3. The second-order valence-electron chi connectivity index (χ2n) is 6.30. The van der Waals surface area contributed by atoms with Crippen LogP contribution in [0.3, 0.4) is 0 Å². The highest BCUT2D eigenvalue weighted by atomic mass is 19.2. The minimum Gasteiger partial charge on any atom is -0.368 e. The minimum atomic E-state index is -0.909. The van der Waals surface area contributed by atoms with Crippen molar-refractivity contribution in [2.24, 2.45) is 0 Å². The summed E-state index contributed by atoms with van der Waals surface area (Å²) in [6.07, 6.45) is 1.66. The number of aromatic nitrogens is 2. The number of hydrogen-bond donors (Lipinski definition) is 1. The van der Waals surface area contributed by atoms with Gasteiger partial charge in [-0.3, -0.25) is 0 Å². The van der Waals surface area contributed by atoms with E-state index in [-0.39, 0.29) is 0 Å². The number of nitrogens with zero attached hydrogens (tertiary/aromatic N) is 4. The Bertz CT molecular complexity index is 911. The van der Waals surface area contributed by atoms with Gasteiger partial charge in [-0.25, -0.2) is 13.8 Å². The van der Waals surface area contributed by atoms with Crippen LogP contribution in [-0.4, -0.2) is 36.1 Å². The van der Waals surface area contributed by atoms with Gasteiger partial charge in [0.2, 0.25) is 5.95 Å². The number of anilines is 4. The smallest absolute Gasteiger partial charge is 0.229 e. The topological polar surface area (TPSA) is 44.3 Å². The van der Waals surface area contributed by atoms with Crippen LogP contribution in [-0.2, 0) is 0 Å². The van der Waals surface area contributed by atoms with E-state index in [0.717, 1.165) is 44.1 Å². The van der Waals surface area contributed by atoms with E-state index in [9.17, 15) is 8.78 Å². The number of hydrogen-bond acceptors (Lipinski definition) is 5. The summed E-state index contributed by atoms with van der Waals surface area (Å²) in [5.41, 5.74) is 1.63. The molecule has 138 valence electrons. The first-order chi connectivity index (χ1) is 13.2. The van der Waals surface area contributed by atoms with Gasteiger partial charge in [-0.15, -0.1) is 0 Å². The first kappa shape index (κ1) is 17.2. The molecule has 3 aromatic rings. The van der Waals surface area contributed by atoms with Gasteiger partial charge in [-0.2, -0.15) is 4.98 Å². The number of benzene rings is 2. The van der Waals surface area contributed by atoms with E-state index >= 15 is 0 Å². The average Bonchev–Trinajstić information content (AvgIpc) is 2.72. The van der Waals surface area contributed by atoms with Gasteiger partial charge in [0.15, 0.2) is 11.6 Å². The van der Waals surface area contributed by atoms with E-state index in [0.29, 0.717) is 11.6 Å². The lowest BCUT2D eigenvalue weighted by Gasteiger charge is -2.36. The molecule has 1 fully saturated rings. The maximum absolute atomic E-state index is 13.4. The van der Waals surface area contributed by atoms with Crippen LogP contribution in [0.2, 0.25) is 0 Å². The Kier molecular flexibility index (Phi) is 4.82. The Morgan fingerprint density at radius 2 is 1.56 bits per heavy atom. The molecule has 0 aliphatic carbocycles. The molecule has 0 unspecified atom stereocenters. The Balaban J connectivity index is 1.43. The molecule has 27 heavy (non-hydrogen) atoms. The van der Waals surface area contributed by atoms with E-state index in [1.54, 1.807) is 6.20 Å². The van der Waals surface area contributed by atoms with Crippen molar-refractivity contribution >= 4 is 23.1 Å². The molecule has 4 rings (SSSR count). The van der Waals surface area contributed by atoms with E-state index in [4.69, 9.17) is 0 Å². The van der Waals surface area contributed by atoms with Crippen molar-refractivity contribution in [3.8, 4) is 0 Å². The van der Waals surface area contributed by atoms with Crippen LogP contribution in [0.4, 0.5) is 31.9 Å². The Morgan fingerprint density at radius 3 is 2.30 bits per heavy atom. The Labute approximate surface area is 156 Å². The number of para-hydroxylation sites is 1. The van der Waals surface area contributed by atoms with Crippen molar-refractivity contribution in [3.63, 3.8) is 0 Å². The van der Waals surface area contributed by atoms with E-state index in [1.165, 1.54) is 11.8 Å². The van der Waals surface area contributed by atoms with E-state index in [2.05, 4.69) is 37.2 Å².